The molecular formula is C16H26N2O3. The van der Waals surface area contributed by atoms with Gasteiger partial charge in [-0.3, -0.25) is 14.5 Å². The monoisotopic (exact) mass is 294 g/mol. The highest BCUT2D eigenvalue weighted by atomic mass is 16.5. The van der Waals surface area contributed by atoms with E-state index in [0.717, 1.165) is 38.5 Å². The maximum absolute atomic E-state index is 12.6. The van der Waals surface area contributed by atoms with Gasteiger partial charge >= 0.3 is 5.97 Å². The number of rotatable bonds is 5. The Labute approximate surface area is 126 Å². The van der Waals surface area contributed by atoms with E-state index in [9.17, 15) is 9.59 Å². The van der Waals surface area contributed by atoms with Gasteiger partial charge in [-0.15, -0.1) is 0 Å². The predicted molar refractivity (Wildman–Crippen MR) is 78.6 cm³/mol. The third-order valence-electron chi connectivity index (χ3n) is 5.24. The first kappa shape index (κ1) is 14.8. The molecule has 118 valence electrons. The standard InChI is InChI=1S/C16H26N2O3/c1-11-10-17(6-5-15(19)21-2)7-8-18(11)16(20)14-9-13(14)12-3-4-12/h11-14H,3-10H2,1-2H3/t11-,13-,14+/m0/s1. The molecule has 21 heavy (non-hydrogen) atoms. The van der Waals surface area contributed by atoms with Crippen molar-refractivity contribution in [3.8, 4) is 0 Å². The van der Waals surface area contributed by atoms with E-state index in [1.807, 2.05) is 0 Å². The summed E-state index contributed by atoms with van der Waals surface area (Å²) < 4.78 is 4.68. The van der Waals surface area contributed by atoms with Crippen LogP contribution in [-0.4, -0.2) is 61.0 Å². The summed E-state index contributed by atoms with van der Waals surface area (Å²) in [7, 11) is 1.42. The lowest BCUT2D eigenvalue weighted by Crippen LogP contribution is -2.54. The number of methoxy groups -OCH3 is 1. The molecule has 1 saturated heterocycles. The maximum Gasteiger partial charge on any atom is 0.306 e. The highest BCUT2D eigenvalue weighted by Gasteiger charge is 2.52. The zero-order valence-electron chi connectivity index (χ0n) is 13.1. The molecule has 0 N–H and O–H groups in total. The van der Waals surface area contributed by atoms with Gasteiger partial charge in [-0.25, -0.2) is 0 Å². The first-order valence-corrected chi connectivity index (χ1v) is 8.19. The minimum atomic E-state index is -0.161. The second kappa shape index (κ2) is 5.95. The first-order chi connectivity index (χ1) is 10.1. The van der Waals surface area contributed by atoms with Crippen molar-refractivity contribution in [3.63, 3.8) is 0 Å². The molecule has 2 saturated carbocycles. The average molecular weight is 294 g/mol. The van der Waals surface area contributed by atoms with Gasteiger partial charge in [0.2, 0.25) is 5.91 Å². The number of hydrogen-bond donors (Lipinski definition) is 0. The number of piperazine rings is 1. The number of hydrogen-bond acceptors (Lipinski definition) is 4. The minimum Gasteiger partial charge on any atom is -0.469 e. The van der Waals surface area contributed by atoms with E-state index in [4.69, 9.17) is 0 Å². The minimum absolute atomic E-state index is 0.161. The van der Waals surface area contributed by atoms with Gasteiger partial charge < -0.3 is 9.64 Å². The predicted octanol–water partition coefficient (Wildman–Crippen LogP) is 1.13. The van der Waals surface area contributed by atoms with Crippen LogP contribution in [0, 0.1) is 17.8 Å². The van der Waals surface area contributed by atoms with Crippen LogP contribution in [0.4, 0.5) is 0 Å². The molecule has 1 amide bonds. The van der Waals surface area contributed by atoms with Gasteiger partial charge in [0.05, 0.1) is 13.5 Å². The second-order valence-corrected chi connectivity index (χ2v) is 6.85. The smallest absolute Gasteiger partial charge is 0.306 e. The van der Waals surface area contributed by atoms with Crippen LogP contribution in [-0.2, 0) is 14.3 Å². The third-order valence-corrected chi connectivity index (χ3v) is 5.24. The van der Waals surface area contributed by atoms with Crippen LogP contribution in [0.15, 0.2) is 0 Å². The van der Waals surface area contributed by atoms with Crippen molar-refractivity contribution in [2.75, 3.05) is 33.3 Å². The van der Waals surface area contributed by atoms with E-state index in [2.05, 4.69) is 21.5 Å². The van der Waals surface area contributed by atoms with Crippen LogP contribution in [0.3, 0.4) is 0 Å². The van der Waals surface area contributed by atoms with Crippen molar-refractivity contribution >= 4 is 11.9 Å². The van der Waals surface area contributed by atoms with Crippen LogP contribution in [0.25, 0.3) is 0 Å². The van der Waals surface area contributed by atoms with Crippen molar-refractivity contribution in [1.29, 1.82) is 0 Å². The van der Waals surface area contributed by atoms with Gasteiger partial charge in [-0.05, 0) is 38.0 Å². The Hall–Kier alpha value is -1.10. The lowest BCUT2D eigenvalue weighted by Gasteiger charge is -2.40. The number of ether oxygens (including phenoxy) is 1. The molecule has 3 aliphatic rings. The number of nitrogens with zero attached hydrogens (tertiary/aromatic N) is 2. The van der Waals surface area contributed by atoms with Gasteiger partial charge in [-0.2, -0.15) is 0 Å². The molecule has 5 nitrogen and oxygen atoms in total. The van der Waals surface area contributed by atoms with Gasteiger partial charge in [0.1, 0.15) is 0 Å². The molecule has 5 heteroatoms. The number of carbonyl (C=O) groups is 2. The van der Waals surface area contributed by atoms with E-state index < -0.39 is 0 Å². The number of amides is 1. The molecule has 1 aliphatic heterocycles. The van der Waals surface area contributed by atoms with Crippen LogP contribution >= 0.6 is 0 Å². The zero-order valence-corrected chi connectivity index (χ0v) is 13.1. The summed E-state index contributed by atoms with van der Waals surface area (Å²) in [5.41, 5.74) is 0. The van der Waals surface area contributed by atoms with Crippen LogP contribution in [0.1, 0.15) is 32.6 Å². The summed E-state index contributed by atoms with van der Waals surface area (Å²) in [6, 6.07) is 0.254. The average Bonchev–Trinajstić information content (AvgIpc) is 3.35. The quantitative estimate of drug-likeness (QED) is 0.713. The second-order valence-electron chi connectivity index (χ2n) is 6.85. The molecule has 0 radical (unpaired) electrons. The molecule has 0 aromatic rings. The molecule has 3 rings (SSSR count). The number of carbonyl (C=O) groups excluding carboxylic acids is 2. The molecule has 3 fully saturated rings. The lowest BCUT2D eigenvalue weighted by molar-refractivity contribution is -0.142. The van der Waals surface area contributed by atoms with E-state index >= 15 is 0 Å². The Morgan fingerprint density at radius 1 is 1.24 bits per heavy atom. The Kier molecular flexibility index (Phi) is 4.20. The van der Waals surface area contributed by atoms with E-state index in [0.29, 0.717) is 24.2 Å². The molecule has 0 aromatic carbocycles. The van der Waals surface area contributed by atoms with Gasteiger partial charge in [0.15, 0.2) is 0 Å². The molecule has 3 atom stereocenters. The van der Waals surface area contributed by atoms with Crippen LogP contribution in [0.2, 0.25) is 0 Å². The van der Waals surface area contributed by atoms with E-state index in [1.165, 1.54) is 20.0 Å². The summed E-state index contributed by atoms with van der Waals surface area (Å²) in [4.78, 5) is 28.1. The van der Waals surface area contributed by atoms with Crippen molar-refractivity contribution in [1.82, 2.24) is 9.80 Å². The first-order valence-electron chi connectivity index (χ1n) is 8.19. The molecular weight excluding hydrogens is 268 g/mol. The Bertz CT molecular complexity index is 422. The fourth-order valence-electron chi connectivity index (χ4n) is 3.67. The Morgan fingerprint density at radius 3 is 2.62 bits per heavy atom. The fourth-order valence-corrected chi connectivity index (χ4v) is 3.67. The largest absolute Gasteiger partial charge is 0.469 e. The maximum atomic E-state index is 12.6. The summed E-state index contributed by atoms with van der Waals surface area (Å²) in [5, 5.41) is 0. The summed E-state index contributed by atoms with van der Waals surface area (Å²) in [5.74, 6) is 2.10. The lowest BCUT2D eigenvalue weighted by atomic mass is 10.1. The SMILES string of the molecule is COC(=O)CCN1CCN(C(=O)[C@@H]2C[C@H]2C2CC2)[C@@H](C)C1. The molecule has 0 unspecified atom stereocenters. The van der Waals surface area contributed by atoms with E-state index in [-0.39, 0.29) is 12.0 Å². The molecule has 2 aliphatic carbocycles. The Balaban J connectivity index is 1.44. The topological polar surface area (TPSA) is 49.9 Å². The molecule has 0 spiro atoms. The van der Waals surface area contributed by atoms with Crippen LogP contribution in [0.5, 0.6) is 0 Å². The van der Waals surface area contributed by atoms with Gasteiger partial charge in [0.25, 0.3) is 0 Å². The van der Waals surface area contributed by atoms with Gasteiger partial charge in [-0.1, -0.05) is 0 Å². The van der Waals surface area contributed by atoms with Crippen LogP contribution < -0.4 is 0 Å². The fraction of sp³-hybridized carbons (Fsp3) is 0.875. The van der Waals surface area contributed by atoms with E-state index in [1.54, 1.807) is 0 Å². The zero-order chi connectivity index (χ0) is 15.0. The van der Waals surface area contributed by atoms with Crippen molar-refractivity contribution in [2.45, 2.75) is 38.6 Å². The van der Waals surface area contributed by atoms with Crippen molar-refractivity contribution in [3.05, 3.63) is 0 Å². The summed E-state index contributed by atoms with van der Waals surface area (Å²) in [6.07, 6.45) is 4.24. The molecule has 1 heterocycles. The van der Waals surface area contributed by atoms with Crippen molar-refractivity contribution in [2.24, 2.45) is 17.8 Å². The van der Waals surface area contributed by atoms with Crippen molar-refractivity contribution < 1.29 is 14.3 Å². The molecule has 0 bridgehead atoms. The normalized spacial score (nSPS) is 32.9. The molecule has 0 aromatic heterocycles. The Morgan fingerprint density at radius 2 is 2.00 bits per heavy atom. The summed E-state index contributed by atoms with van der Waals surface area (Å²) >= 11 is 0. The summed E-state index contributed by atoms with van der Waals surface area (Å²) in [6.45, 7) is 5.39. The highest BCUT2D eigenvalue weighted by molar-refractivity contribution is 5.82. The third kappa shape index (κ3) is 3.39. The number of esters is 1. The highest BCUT2D eigenvalue weighted by Crippen LogP contribution is 2.55. The van der Waals surface area contributed by atoms with Gasteiger partial charge in [0, 0.05) is 38.1 Å².